The van der Waals surface area contributed by atoms with Crippen molar-refractivity contribution in [3.63, 3.8) is 0 Å². The molecule has 0 fully saturated rings. The second kappa shape index (κ2) is 35.6. The van der Waals surface area contributed by atoms with Crippen LogP contribution in [-0.2, 0) is 76.0 Å². The number of carbonyl (C=O) groups is 3. The number of carbonyl (C=O) groups excluding carboxylic acids is 3. The van der Waals surface area contributed by atoms with Crippen LogP contribution in [0.15, 0.2) is 0 Å². The molecular weight excluding hydrogens is 1010 g/mol. The van der Waals surface area contributed by atoms with Crippen LogP contribution in [0.4, 0.5) is 0 Å². The van der Waals surface area contributed by atoms with Gasteiger partial charge in [-0.15, -0.1) is 0 Å². The molecule has 0 saturated carbocycles. The van der Waals surface area contributed by atoms with Crippen LogP contribution in [0.3, 0.4) is 0 Å². The van der Waals surface area contributed by atoms with E-state index in [0.29, 0.717) is 55.5 Å². The second-order valence-corrected chi connectivity index (χ2v) is 45.2. The molecule has 414 valence electrons. The zero-order chi connectivity index (χ0) is 54.4. The van der Waals surface area contributed by atoms with Crippen LogP contribution >= 0.6 is 0 Å². The van der Waals surface area contributed by atoms with Crippen molar-refractivity contribution in [2.24, 2.45) is 17.3 Å². The summed E-state index contributed by atoms with van der Waals surface area (Å²) in [5.41, 5.74) is -0.311. The van der Waals surface area contributed by atoms with Gasteiger partial charge in [0, 0.05) is 101 Å². The maximum atomic E-state index is 12.9. The minimum absolute atomic E-state index is 0.00174. The third-order valence-electron chi connectivity index (χ3n) is 12.4. The molecule has 18 nitrogen and oxygen atoms in total. The molecular formula is C44H103NO17Si7. The van der Waals surface area contributed by atoms with E-state index in [1.165, 1.54) is 7.11 Å². The van der Waals surface area contributed by atoms with Crippen molar-refractivity contribution in [3.05, 3.63) is 0 Å². The normalized spacial score (nSPS) is 13.9. The lowest BCUT2D eigenvalue weighted by atomic mass is 9.91. The third-order valence-corrected chi connectivity index (χ3v) is 37.6. The standard InChI is InChI=1S/C28H71NO13Si7.C9H18O2.C7H14O2/c1-18-27(2)28(30)29-19-20-49(40-43(12,13)21-24-46(31-3,32-4)33-5,41-44(14,15)22-25-47(34-6,35-7)36-8)42-45(16,17)23-26-48(37-9,38-10)39-11;1-4-6-7-11-9(10)8(3)5-2;1-5-7(2,3)6(8)9-4/h27H,18-26H2,1-17H3,(H,29,30);8H,4-7H2,1-3H3;5H2,1-4H3. The van der Waals surface area contributed by atoms with Gasteiger partial charge >= 0.3 is 47.2 Å². The number of esters is 2. The molecule has 0 aromatic heterocycles. The van der Waals surface area contributed by atoms with Crippen molar-refractivity contribution in [1.29, 1.82) is 0 Å². The van der Waals surface area contributed by atoms with E-state index in [1.807, 2.05) is 48.5 Å². The summed E-state index contributed by atoms with van der Waals surface area (Å²) in [6.07, 6.45) is 4.48. The van der Waals surface area contributed by atoms with Crippen LogP contribution in [0, 0.1) is 17.3 Å². The first-order valence-corrected chi connectivity index (χ1v) is 41.6. The highest BCUT2D eigenvalue weighted by atomic mass is 28.5. The zero-order valence-corrected chi connectivity index (χ0v) is 55.0. The minimum atomic E-state index is -3.54. The fourth-order valence-corrected chi connectivity index (χ4v) is 35.3. The quantitative estimate of drug-likeness (QED) is 0.0354. The van der Waals surface area contributed by atoms with Gasteiger partial charge in [0.15, 0.2) is 25.0 Å². The first kappa shape index (κ1) is 72.7. The smallest absolute Gasteiger partial charge is 0.469 e. The van der Waals surface area contributed by atoms with E-state index in [9.17, 15) is 14.4 Å². The topological polar surface area (TPSA) is 192 Å². The summed E-state index contributed by atoms with van der Waals surface area (Å²) in [4.78, 5) is 34.8. The molecule has 69 heavy (non-hydrogen) atoms. The number of nitrogens with one attached hydrogen (secondary N) is 1. The molecule has 25 heteroatoms. The van der Waals surface area contributed by atoms with Gasteiger partial charge in [0.2, 0.25) is 5.91 Å². The average Bonchev–Trinajstić information content (AvgIpc) is 3.32. The van der Waals surface area contributed by atoms with Gasteiger partial charge in [-0.1, -0.05) is 48.0 Å². The zero-order valence-electron chi connectivity index (χ0n) is 48.0. The lowest BCUT2D eigenvalue weighted by molar-refractivity contribution is -0.151. The molecule has 0 rings (SSSR count). The largest absolute Gasteiger partial charge is 0.499 e. The molecule has 1 amide bonds. The van der Waals surface area contributed by atoms with E-state index in [2.05, 4.69) is 56.3 Å². The van der Waals surface area contributed by atoms with Gasteiger partial charge in [-0.05, 0) is 96.9 Å². The summed E-state index contributed by atoms with van der Waals surface area (Å²) in [5.74, 6) is -0.238. The molecule has 0 saturated heterocycles. The predicted molar refractivity (Wildman–Crippen MR) is 289 cm³/mol. The molecule has 1 N–H and O–H groups in total. The van der Waals surface area contributed by atoms with E-state index in [1.54, 1.807) is 64.0 Å². The maximum absolute atomic E-state index is 12.9. The molecule has 0 aliphatic rings. The Hall–Kier alpha value is -0.552. The fourth-order valence-electron chi connectivity index (χ4n) is 6.41. The number of unbranched alkanes of at least 4 members (excludes halogenated alkanes) is 1. The van der Waals surface area contributed by atoms with Gasteiger partial charge in [0.25, 0.3) is 0 Å². The second-order valence-electron chi connectivity index (χ2n) is 19.6. The number of hydrogen-bond donors (Lipinski definition) is 1. The van der Waals surface area contributed by atoms with E-state index in [-0.39, 0.29) is 35.1 Å². The van der Waals surface area contributed by atoms with E-state index in [0.717, 1.165) is 32.1 Å². The molecule has 2 unspecified atom stereocenters. The van der Waals surface area contributed by atoms with Crippen molar-refractivity contribution in [2.75, 3.05) is 84.2 Å². The fraction of sp³-hybridized carbons (Fsp3) is 0.932. The number of rotatable bonds is 36. The summed E-state index contributed by atoms with van der Waals surface area (Å²) < 4.78 is 83.4. The van der Waals surface area contributed by atoms with Crippen molar-refractivity contribution < 1.29 is 76.0 Å². The van der Waals surface area contributed by atoms with Gasteiger partial charge in [0.05, 0.1) is 25.0 Å². The van der Waals surface area contributed by atoms with Crippen molar-refractivity contribution in [2.45, 2.75) is 169 Å². The predicted octanol–water partition coefficient (Wildman–Crippen LogP) is 9.36. The number of ether oxygens (including phenoxy) is 2. The number of hydrogen-bond acceptors (Lipinski definition) is 17. The Kier molecular flexibility index (Phi) is 37.5. The Morgan fingerprint density at radius 3 is 1.07 bits per heavy atom. The Bertz CT molecular complexity index is 1270. The van der Waals surface area contributed by atoms with Crippen molar-refractivity contribution >= 4 is 78.0 Å². The van der Waals surface area contributed by atoms with Crippen molar-refractivity contribution in [1.82, 2.24) is 5.32 Å². The highest BCUT2D eigenvalue weighted by Crippen LogP contribution is 2.36. The number of methoxy groups -OCH3 is 1. The highest BCUT2D eigenvalue weighted by Gasteiger charge is 2.55. The third kappa shape index (κ3) is 28.6. The Morgan fingerprint density at radius 1 is 0.493 bits per heavy atom. The Labute approximate surface area is 428 Å². The van der Waals surface area contributed by atoms with Crippen LogP contribution in [0.2, 0.25) is 81.6 Å². The average molecular weight is 1110 g/mol. The van der Waals surface area contributed by atoms with Crippen LogP contribution in [0.5, 0.6) is 0 Å². The van der Waals surface area contributed by atoms with E-state index >= 15 is 0 Å². The number of amides is 1. The van der Waals surface area contributed by atoms with Gasteiger partial charge in [-0.2, -0.15) is 0 Å². The molecule has 0 radical (unpaired) electrons. The van der Waals surface area contributed by atoms with Crippen LogP contribution in [0.25, 0.3) is 0 Å². The van der Waals surface area contributed by atoms with Crippen LogP contribution in [0.1, 0.15) is 87.5 Å². The van der Waals surface area contributed by atoms with Crippen LogP contribution in [-0.4, -0.2) is 162 Å². The van der Waals surface area contributed by atoms with Gasteiger partial charge in [-0.3, -0.25) is 14.4 Å². The molecule has 0 bridgehead atoms. The maximum Gasteiger partial charge on any atom is 0.499 e. The van der Waals surface area contributed by atoms with Crippen LogP contribution < -0.4 is 5.32 Å². The lowest BCUT2D eigenvalue weighted by Crippen LogP contribution is -2.63. The summed E-state index contributed by atoms with van der Waals surface area (Å²) in [7, 11) is -3.83. The first-order valence-electron chi connectivity index (χ1n) is 24.5. The molecule has 0 heterocycles. The lowest BCUT2D eigenvalue weighted by Gasteiger charge is -2.46. The molecule has 2 atom stereocenters. The molecule has 0 aromatic rings. The molecule has 0 aromatic carbocycles. The van der Waals surface area contributed by atoms with Gasteiger partial charge in [-0.25, -0.2) is 0 Å². The first-order chi connectivity index (χ1) is 31.9. The molecule has 0 aliphatic heterocycles. The summed E-state index contributed by atoms with van der Waals surface area (Å²) in [6.45, 7) is 29.6. The van der Waals surface area contributed by atoms with Gasteiger partial charge < -0.3 is 67.0 Å². The van der Waals surface area contributed by atoms with E-state index in [4.69, 9.17) is 56.9 Å². The van der Waals surface area contributed by atoms with E-state index < -0.39 is 60.2 Å². The monoisotopic (exact) mass is 1110 g/mol. The summed E-state index contributed by atoms with van der Waals surface area (Å²) in [5, 5.41) is 3.14. The molecule has 0 spiro atoms. The Balaban J connectivity index is -0.00000179. The summed E-state index contributed by atoms with van der Waals surface area (Å²) >= 11 is 0. The summed E-state index contributed by atoms with van der Waals surface area (Å²) in [6, 6.07) is 4.25. The molecule has 0 aliphatic carbocycles. The van der Waals surface area contributed by atoms with Crippen molar-refractivity contribution in [3.8, 4) is 0 Å². The highest BCUT2D eigenvalue weighted by molar-refractivity contribution is 6.91. The minimum Gasteiger partial charge on any atom is -0.469 e. The van der Waals surface area contributed by atoms with Gasteiger partial charge in [0.1, 0.15) is 0 Å². The SMILES string of the molecule is CCC(C)(C)C(=O)OC.CCC(C)C(=O)NCC[Si](O[Si](C)(C)CC[Si](OC)(OC)OC)(O[Si](C)(C)CC[Si](OC)(OC)OC)O[Si](C)(C)CC[Si](OC)(OC)OC.CCCCOC(=O)C(C)CC. The Morgan fingerprint density at radius 2 is 0.826 bits per heavy atom.